The lowest BCUT2D eigenvalue weighted by Crippen LogP contribution is -2.44. The largest absolute Gasteiger partial charge is 0.480 e. The summed E-state index contributed by atoms with van der Waals surface area (Å²) in [6.45, 7) is 6.90. The van der Waals surface area contributed by atoms with E-state index in [9.17, 15) is 23.1 Å². The van der Waals surface area contributed by atoms with Crippen LogP contribution in [0.5, 0.6) is 5.75 Å². The zero-order valence-electron chi connectivity index (χ0n) is 20.8. The molecule has 0 aliphatic heterocycles. The van der Waals surface area contributed by atoms with Crippen LogP contribution in [0.3, 0.4) is 0 Å². The number of furan rings is 1. The van der Waals surface area contributed by atoms with Crippen molar-refractivity contribution in [3.63, 3.8) is 0 Å². The number of benzene rings is 3. The fourth-order valence-electron chi connectivity index (χ4n) is 4.04. The van der Waals surface area contributed by atoms with Crippen LogP contribution in [0.1, 0.15) is 35.5 Å². The number of sulfonamides is 1. The molecule has 1 atom stereocenters. The molecule has 0 aliphatic rings. The Morgan fingerprint density at radius 2 is 1.54 bits per heavy atom. The summed E-state index contributed by atoms with van der Waals surface area (Å²) in [4.78, 5) is 24.1. The molecule has 1 heterocycles. The smallest absolute Gasteiger partial charge is 0.379 e. The van der Waals surface area contributed by atoms with Gasteiger partial charge in [0, 0.05) is 5.39 Å². The third kappa shape index (κ3) is 5.58. The highest BCUT2D eigenvalue weighted by Gasteiger charge is 2.28. The van der Waals surface area contributed by atoms with E-state index in [4.69, 9.17) is 9.15 Å². The van der Waals surface area contributed by atoms with Crippen molar-refractivity contribution in [2.45, 2.75) is 38.6 Å². The molecular formula is C28H27NO7S. The van der Waals surface area contributed by atoms with Gasteiger partial charge in [0.15, 0.2) is 0 Å². The van der Waals surface area contributed by atoms with Gasteiger partial charge in [0.1, 0.15) is 17.4 Å². The van der Waals surface area contributed by atoms with Gasteiger partial charge in [0.25, 0.3) is 0 Å². The van der Waals surface area contributed by atoms with Crippen molar-refractivity contribution in [3.8, 4) is 16.9 Å². The van der Waals surface area contributed by atoms with E-state index >= 15 is 0 Å². The van der Waals surface area contributed by atoms with Crippen molar-refractivity contribution in [3.05, 3.63) is 83.6 Å². The molecule has 37 heavy (non-hydrogen) atoms. The molecule has 0 saturated heterocycles. The normalized spacial score (nSPS) is 12.6. The molecule has 0 bridgehead atoms. The maximum atomic E-state index is 12.7. The van der Waals surface area contributed by atoms with E-state index in [0.29, 0.717) is 11.3 Å². The predicted octanol–water partition coefficient (Wildman–Crippen LogP) is 5.32. The molecule has 3 aromatic carbocycles. The molecule has 0 aliphatic carbocycles. The summed E-state index contributed by atoms with van der Waals surface area (Å²) in [5, 5.41) is 10.1. The van der Waals surface area contributed by atoms with E-state index in [1.807, 2.05) is 44.2 Å². The molecule has 0 amide bonds. The van der Waals surface area contributed by atoms with E-state index in [-0.39, 0.29) is 10.7 Å². The Kier molecular flexibility index (Phi) is 7.20. The minimum Gasteiger partial charge on any atom is -0.480 e. The second-order valence-electron chi connectivity index (χ2n) is 9.18. The molecule has 0 saturated carbocycles. The van der Waals surface area contributed by atoms with Crippen molar-refractivity contribution >= 4 is 32.9 Å². The molecule has 4 aromatic rings. The highest BCUT2D eigenvalue weighted by molar-refractivity contribution is 7.89. The lowest BCUT2D eigenvalue weighted by Gasteiger charge is -2.18. The fraction of sp³-hybridized carbons (Fsp3) is 0.214. The third-order valence-electron chi connectivity index (χ3n) is 5.99. The molecular weight excluding hydrogens is 494 g/mol. The summed E-state index contributed by atoms with van der Waals surface area (Å²) in [7, 11) is -4.02. The van der Waals surface area contributed by atoms with Gasteiger partial charge in [0.05, 0.1) is 4.90 Å². The summed E-state index contributed by atoms with van der Waals surface area (Å²) >= 11 is 0. The number of aliphatic carboxylic acids is 1. The van der Waals surface area contributed by atoms with Gasteiger partial charge in [-0.2, -0.15) is 4.72 Å². The summed E-state index contributed by atoms with van der Waals surface area (Å²) in [6, 6.07) is 17.6. The van der Waals surface area contributed by atoms with Crippen LogP contribution in [-0.2, 0) is 14.8 Å². The summed E-state index contributed by atoms with van der Waals surface area (Å²) in [5.41, 5.74) is 3.60. The number of carbonyl (C=O) groups excluding carboxylic acids is 1. The second-order valence-corrected chi connectivity index (χ2v) is 10.9. The Hall–Kier alpha value is -3.95. The SMILES string of the molecule is Cc1cc(-c2ccc(S(=O)(=O)N[C@@H](C(=O)O)C(C)C)cc2)cc(C)c1OC(=O)c1cc2ccccc2o1. The molecule has 1 aromatic heterocycles. The zero-order valence-corrected chi connectivity index (χ0v) is 21.6. The molecule has 9 heteroatoms. The van der Waals surface area contributed by atoms with E-state index in [0.717, 1.165) is 27.6 Å². The van der Waals surface area contributed by atoms with Gasteiger partial charge in [-0.05, 0) is 78.4 Å². The topological polar surface area (TPSA) is 123 Å². The highest BCUT2D eigenvalue weighted by Crippen LogP contribution is 2.32. The standard InChI is InChI=1S/C28H27NO7S/c1-16(2)25(27(30)31)29-37(33,34)22-11-9-19(10-12-22)21-13-17(3)26(18(4)14-21)36-28(32)24-15-20-7-5-6-8-23(20)35-24/h5-16,25,29H,1-4H3,(H,30,31)/t25-/m1/s1. The number of carbonyl (C=O) groups is 2. The average Bonchev–Trinajstić information content (AvgIpc) is 3.29. The molecule has 0 spiro atoms. The van der Waals surface area contributed by atoms with Crippen molar-refractivity contribution in [2.75, 3.05) is 0 Å². The second kappa shape index (κ2) is 10.2. The lowest BCUT2D eigenvalue weighted by atomic mass is 10.00. The molecule has 0 fully saturated rings. The fourth-order valence-corrected chi connectivity index (χ4v) is 5.37. The Bertz CT molecular complexity index is 1530. The maximum absolute atomic E-state index is 12.7. The van der Waals surface area contributed by atoms with Crippen LogP contribution in [0.4, 0.5) is 0 Å². The number of hydrogen-bond acceptors (Lipinski definition) is 6. The number of hydrogen-bond donors (Lipinski definition) is 2. The van der Waals surface area contributed by atoms with Gasteiger partial charge >= 0.3 is 11.9 Å². The summed E-state index contributed by atoms with van der Waals surface area (Å²) in [6.07, 6.45) is 0. The summed E-state index contributed by atoms with van der Waals surface area (Å²) < 4.78 is 38.9. The number of rotatable bonds is 8. The number of aryl methyl sites for hydroxylation is 2. The molecule has 2 N–H and O–H groups in total. The van der Waals surface area contributed by atoms with Crippen molar-refractivity contribution in [1.29, 1.82) is 0 Å². The minimum atomic E-state index is -4.02. The summed E-state index contributed by atoms with van der Waals surface area (Å²) in [5.74, 6) is -1.72. The maximum Gasteiger partial charge on any atom is 0.379 e. The first kappa shape index (κ1) is 26.1. The first-order valence-electron chi connectivity index (χ1n) is 11.6. The van der Waals surface area contributed by atoms with E-state index in [1.54, 1.807) is 38.1 Å². The van der Waals surface area contributed by atoms with E-state index < -0.39 is 33.9 Å². The van der Waals surface area contributed by atoms with Crippen LogP contribution in [-0.4, -0.2) is 31.5 Å². The predicted molar refractivity (Wildman–Crippen MR) is 139 cm³/mol. The number of esters is 1. The Balaban J connectivity index is 1.54. The van der Waals surface area contributed by atoms with Gasteiger partial charge in [-0.1, -0.05) is 44.2 Å². The van der Waals surface area contributed by atoms with Gasteiger partial charge in [-0.3, -0.25) is 4.79 Å². The van der Waals surface area contributed by atoms with Crippen LogP contribution >= 0.6 is 0 Å². The Morgan fingerprint density at radius 1 is 0.919 bits per heavy atom. The first-order valence-corrected chi connectivity index (χ1v) is 13.1. The number of fused-ring (bicyclic) bond motifs is 1. The molecule has 8 nitrogen and oxygen atoms in total. The van der Waals surface area contributed by atoms with Crippen LogP contribution in [0.15, 0.2) is 76.0 Å². The number of carboxylic acids is 1. The Labute approximate surface area is 214 Å². The van der Waals surface area contributed by atoms with Crippen molar-refractivity contribution < 1.29 is 32.3 Å². The highest BCUT2D eigenvalue weighted by atomic mass is 32.2. The van der Waals surface area contributed by atoms with E-state index in [1.165, 1.54) is 12.1 Å². The van der Waals surface area contributed by atoms with Crippen LogP contribution < -0.4 is 9.46 Å². The zero-order chi connectivity index (χ0) is 26.9. The van der Waals surface area contributed by atoms with Crippen molar-refractivity contribution in [2.24, 2.45) is 5.92 Å². The number of ether oxygens (including phenoxy) is 1. The van der Waals surface area contributed by atoms with Gasteiger partial charge < -0.3 is 14.3 Å². The Morgan fingerprint density at radius 3 is 2.11 bits per heavy atom. The number of carboxylic acid groups (broad SMARTS) is 1. The van der Waals surface area contributed by atoms with Gasteiger partial charge in [0.2, 0.25) is 15.8 Å². The first-order chi connectivity index (χ1) is 17.5. The number of para-hydroxylation sites is 1. The number of nitrogens with one attached hydrogen (secondary N) is 1. The van der Waals surface area contributed by atoms with Gasteiger partial charge in [-0.25, -0.2) is 13.2 Å². The van der Waals surface area contributed by atoms with Crippen molar-refractivity contribution in [1.82, 2.24) is 4.72 Å². The molecule has 0 unspecified atom stereocenters. The van der Waals surface area contributed by atoms with Crippen LogP contribution in [0.25, 0.3) is 22.1 Å². The molecule has 0 radical (unpaired) electrons. The third-order valence-corrected chi connectivity index (χ3v) is 7.45. The quantitative estimate of drug-likeness (QED) is 0.237. The van der Waals surface area contributed by atoms with E-state index in [2.05, 4.69) is 4.72 Å². The van der Waals surface area contributed by atoms with Crippen LogP contribution in [0, 0.1) is 19.8 Å². The van der Waals surface area contributed by atoms with Crippen LogP contribution in [0.2, 0.25) is 0 Å². The lowest BCUT2D eigenvalue weighted by molar-refractivity contribution is -0.140. The van der Waals surface area contributed by atoms with Gasteiger partial charge in [-0.15, -0.1) is 0 Å². The molecule has 4 rings (SSSR count). The minimum absolute atomic E-state index is 0.0343. The monoisotopic (exact) mass is 521 g/mol. The average molecular weight is 522 g/mol. The molecule has 192 valence electrons.